The van der Waals surface area contributed by atoms with Gasteiger partial charge >= 0.3 is 0 Å². The molecule has 0 aliphatic rings. The molecule has 1 nitrogen and oxygen atoms in total. The Kier molecular flexibility index (Phi) is 3.48. The van der Waals surface area contributed by atoms with Crippen LogP contribution in [0, 0.1) is 12.8 Å². The van der Waals surface area contributed by atoms with E-state index in [9.17, 15) is 0 Å². The summed E-state index contributed by atoms with van der Waals surface area (Å²) in [6.07, 6.45) is 1.18. The minimum atomic E-state index is 0.574. The van der Waals surface area contributed by atoms with Gasteiger partial charge in [0.1, 0.15) is 0 Å². The molecule has 1 rings (SSSR count). The Bertz CT molecular complexity index is 274. The van der Waals surface area contributed by atoms with Crippen LogP contribution in [-0.4, -0.2) is 4.98 Å². The third-order valence-electron chi connectivity index (χ3n) is 2.00. The topological polar surface area (TPSA) is 12.9 Å². The van der Waals surface area contributed by atoms with Crippen LogP contribution in [0.2, 0.25) is 0 Å². The highest BCUT2D eigenvalue weighted by Gasteiger charge is 2.10. The molecule has 0 aromatic carbocycles. The molecule has 0 amide bonds. The first kappa shape index (κ1) is 10.7. The molecule has 0 atom stereocenters. The van der Waals surface area contributed by atoms with Gasteiger partial charge in [0.05, 0.1) is 10.7 Å². The highest BCUT2D eigenvalue weighted by Crippen LogP contribution is 2.26. The van der Waals surface area contributed by atoms with Crippen LogP contribution in [0.4, 0.5) is 0 Å². The summed E-state index contributed by atoms with van der Waals surface area (Å²) in [6.45, 7) is 11.1. The van der Waals surface area contributed by atoms with Crippen molar-refractivity contribution in [1.29, 1.82) is 0 Å². The smallest absolute Gasteiger partial charge is 0.0956 e. The van der Waals surface area contributed by atoms with Crippen LogP contribution in [0.1, 0.15) is 49.2 Å². The normalized spacial score (nSPS) is 11.6. The average molecular weight is 197 g/mol. The fraction of sp³-hybridized carbons (Fsp3) is 0.727. The van der Waals surface area contributed by atoms with Crippen molar-refractivity contribution in [2.75, 3.05) is 0 Å². The number of nitrogens with zero attached hydrogens (tertiary/aromatic N) is 1. The first-order valence-electron chi connectivity index (χ1n) is 4.97. The molecule has 1 aromatic heterocycles. The van der Waals surface area contributed by atoms with Crippen molar-refractivity contribution in [3.05, 3.63) is 15.6 Å². The Morgan fingerprint density at radius 2 is 1.85 bits per heavy atom. The quantitative estimate of drug-likeness (QED) is 0.718. The summed E-state index contributed by atoms with van der Waals surface area (Å²) in [5.74, 6) is 1.31. The van der Waals surface area contributed by atoms with Crippen molar-refractivity contribution < 1.29 is 0 Å². The second-order valence-corrected chi connectivity index (χ2v) is 5.43. The maximum absolute atomic E-state index is 4.58. The molecule has 0 fully saturated rings. The molecule has 1 heterocycles. The van der Waals surface area contributed by atoms with Gasteiger partial charge in [0.15, 0.2) is 0 Å². The molecule has 0 unspecified atom stereocenters. The standard InChI is InChI=1S/C11H19NS/c1-7(2)6-10-9(5)12-11(13-10)8(3)4/h7-8H,6H2,1-5H3. The van der Waals surface area contributed by atoms with Crippen molar-refractivity contribution in [3.63, 3.8) is 0 Å². The first-order chi connectivity index (χ1) is 6.00. The number of hydrogen-bond donors (Lipinski definition) is 0. The SMILES string of the molecule is Cc1nc(C(C)C)sc1CC(C)C. The second-order valence-electron chi connectivity index (χ2n) is 4.31. The van der Waals surface area contributed by atoms with Gasteiger partial charge in [-0.25, -0.2) is 4.98 Å². The van der Waals surface area contributed by atoms with Crippen LogP contribution in [0.15, 0.2) is 0 Å². The lowest BCUT2D eigenvalue weighted by Gasteiger charge is -2.01. The third-order valence-corrected chi connectivity index (χ3v) is 3.48. The molecule has 0 radical (unpaired) electrons. The lowest BCUT2D eigenvalue weighted by Crippen LogP contribution is -1.92. The number of hydrogen-bond acceptors (Lipinski definition) is 2. The minimum Gasteiger partial charge on any atom is -0.246 e. The monoisotopic (exact) mass is 197 g/mol. The summed E-state index contributed by atoms with van der Waals surface area (Å²) >= 11 is 1.88. The van der Waals surface area contributed by atoms with Gasteiger partial charge in [-0.15, -0.1) is 11.3 Å². The zero-order valence-corrected chi connectivity index (χ0v) is 10.0. The number of thiazole rings is 1. The zero-order chi connectivity index (χ0) is 10.0. The van der Waals surface area contributed by atoms with Gasteiger partial charge in [0, 0.05) is 10.8 Å². The van der Waals surface area contributed by atoms with E-state index in [4.69, 9.17) is 0 Å². The van der Waals surface area contributed by atoms with Gasteiger partial charge in [-0.2, -0.15) is 0 Å². The molecule has 2 heteroatoms. The molecule has 0 aliphatic carbocycles. The van der Waals surface area contributed by atoms with E-state index in [1.165, 1.54) is 22.0 Å². The van der Waals surface area contributed by atoms with E-state index in [0.29, 0.717) is 5.92 Å². The maximum atomic E-state index is 4.58. The largest absolute Gasteiger partial charge is 0.246 e. The minimum absolute atomic E-state index is 0.574. The number of aromatic nitrogens is 1. The van der Waals surface area contributed by atoms with E-state index in [0.717, 1.165) is 5.92 Å². The summed E-state index contributed by atoms with van der Waals surface area (Å²) in [5, 5.41) is 1.29. The predicted octanol–water partition coefficient (Wildman–Crippen LogP) is 3.77. The Balaban J connectivity index is 2.83. The van der Waals surface area contributed by atoms with Crippen LogP contribution < -0.4 is 0 Å². The summed E-state index contributed by atoms with van der Waals surface area (Å²) in [5.41, 5.74) is 1.24. The molecule has 0 saturated heterocycles. The van der Waals surface area contributed by atoms with Crippen molar-refractivity contribution in [1.82, 2.24) is 4.98 Å². The molecular formula is C11H19NS. The molecule has 1 aromatic rings. The van der Waals surface area contributed by atoms with Crippen LogP contribution in [0.5, 0.6) is 0 Å². The van der Waals surface area contributed by atoms with E-state index in [1.54, 1.807) is 0 Å². The van der Waals surface area contributed by atoms with E-state index < -0.39 is 0 Å². The van der Waals surface area contributed by atoms with Crippen LogP contribution in [-0.2, 0) is 6.42 Å². The Morgan fingerprint density at radius 3 is 2.23 bits per heavy atom. The van der Waals surface area contributed by atoms with Gasteiger partial charge in [-0.3, -0.25) is 0 Å². The van der Waals surface area contributed by atoms with E-state index in [1.807, 2.05) is 11.3 Å². The Labute approximate surface area is 85.2 Å². The van der Waals surface area contributed by atoms with Crippen molar-refractivity contribution in [2.45, 2.75) is 47.0 Å². The molecule has 0 bridgehead atoms. The molecule has 0 saturated carbocycles. The highest BCUT2D eigenvalue weighted by molar-refractivity contribution is 7.11. The highest BCUT2D eigenvalue weighted by atomic mass is 32.1. The maximum Gasteiger partial charge on any atom is 0.0956 e. The van der Waals surface area contributed by atoms with E-state index in [2.05, 4.69) is 39.6 Å². The lowest BCUT2D eigenvalue weighted by atomic mass is 10.1. The van der Waals surface area contributed by atoms with E-state index >= 15 is 0 Å². The number of rotatable bonds is 3. The first-order valence-corrected chi connectivity index (χ1v) is 5.78. The zero-order valence-electron chi connectivity index (χ0n) is 9.22. The average Bonchev–Trinajstić information content (AvgIpc) is 2.31. The van der Waals surface area contributed by atoms with E-state index in [-0.39, 0.29) is 0 Å². The molecule has 74 valence electrons. The third kappa shape index (κ3) is 2.80. The molecule has 0 N–H and O–H groups in total. The van der Waals surface area contributed by atoms with Crippen LogP contribution in [0.25, 0.3) is 0 Å². The Morgan fingerprint density at radius 1 is 1.23 bits per heavy atom. The fourth-order valence-electron chi connectivity index (χ4n) is 1.26. The molecule has 13 heavy (non-hydrogen) atoms. The lowest BCUT2D eigenvalue weighted by molar-refractivity contribution is 0.651. The van der Waals surface area contributed by atoms with Gasteiger partial charge in [0.2, 0.25) is 0 Å². The fourth-order valence-corrected chi connectivity index (χ4v) is 2.54. The second kappa shape index (κ2) is 4.23. The summed E-state index contributed by atoms with van der Waals surface area (Å²) < 4.78 is 0. The van der Waals surface area contributed by atoms with Gasteiger partial charge in [-0.05, 0) is 19.3 Å². The molecular weight excluding hydrogens is 178 g/mol. The summed E-state index contributed by atoms with van der Waals surface area (Å²) in [6, 6.07) is 0. The Hall–Kier alpha value is -0.370. The summed E-state index contributed by atoms with van der Waals surface area (Å²) in [4.78, 5) is 6.05. The van der Waals surface area contributed by atoms with Crippen LogP contribution >= 0.6 is 11.3 Å². The summed E-state index contributed by atoms with van der Waals surface area (Å²) in [7, 11) is 0. The van der Waals surface area contributed by atoms with Crippen LogP contribution in [0.3, 0.4) is 0 Å². The van der Waals surface area contributed by atoms with Gasteiger partial charge in [-0.1, -0.05) is 27.7 Å². The van der Waals surface area contributed by atoms with Crippen molar-refractivity contribution in [2.24, 2.45) is 5.92 Å². The number of aryl methyl sites for hydroxylation is 1. The van der Waals surface area contributed by atoms with Crippen molar-refractivity contribution in [3.8, 4) is 0 Å². The van der Waals surface area contributed by atoms with Crippen molar-refractivity contribution >= 4 is 11.3 Å². The predicted molar refractivity (Wildman–Crippen MR) is 59.5 cm³/mol. The molecule has 0 spiro atoms. The molecule has 0 aliphatic heterocycles. The van der Waals surface area contributed by atoms with Gasteiger partial charge in [0.25, 0.3) is 0 Å². The van der Waals surface area contributed by atoms with Gasteiger partial charge < -0.3 is 0 Å².